The van der Waals surface area contributed by atoms with Crippen molar-refractivity contribution in [3.8, 4) is 11.1 Å². The quantitative estimate of drug-likeness (QED) is 0.626. The Balaban J connectivity index is 2.64. The second kappa shape index (κ2) is 5.08. The summed E-state index contributed by atoms with van der Waals surface area (Å²) < 4.78 is 28.6. The van der Waals surface area contributed by atoms with Crippen LogP contribution in [0.5, 0.6) is 0 Å². The summed E-state index contributed by atoms with van der Waals surface area (Å²) in [5.74, 6) is -0.968. The van der Waals surface area contributed by atoms with E-state index in [9.17, 15) is 8.78 Å². The van der Waals surface area contributed by atoms with Gasteiger partial charge in [-0.3, -0.25) is 0 Å². The zero-order valence-electron chi connectivity index (χ0n) is 8.35. The van der Waals surface area contributed by atoms with Crippen LogP contribution >= 0.6 is 44.5 Å². The summed E-state index contributed by atoms with van der Waals surface area (Å²) in [6.45, 7) is 0. The molecule has 0 spiro atoms. The van der Waals surface area contributed by atoms with Crippen molar-refractivity contribution in [2.45, 2.75) is 4.90 Å². The minimum absolute atomic E-state index is 0.197. The van der Waals surface area contributed by atoms with Gasteiger partial charge >= 0.3 is 0 Å². The van der Waals surface area contributed by atoms with Gasteiger partial charge in [0, 0.05) is 25.0 Å². The average Bonchev–Trinajstić information content (AvgIpc) is 2.24. The van der Waals surface area contributed by atoms with E-state index in [0.717, 1.165) is 0 Å². The van der Waals surface area contributed by atoms with Crippen LogP contribution in [-0.4, -0.2) is 0 Å². The zero-order valence-corrected chi connectivity index (χ0v) is 12.4. The third kappa shape index (κ3) is 2.72. The number of hydrogen-bond acceptors (Lipinski definition) is 1. The lowest BCUT2D eigenvalue weighted by molar-refractivity contribution is 0.614. The summed E-state index contributed by atoms with van der Waals surface area (Å²) in [6, 6.07) is 7.26. The van der Waals surface area contributed by atoms with Gasteiger partial charge in [0.05, 0.1) is 0 Å². The van der Waals surface area contributed by atoms with E-state index in [1.54, 1.807) is 6.07 Å². The SMILES string of the molecule is Fc1cc(Br)ccc1-c1cc(S)c(Br)cc1F. The van der Waals surface area contributed by atoms with Crippen molar-refractivity contribution >= 4 is 44.5 Å². The van der Waals surface area contributed by atoms with E-state index in [2.05, 4.69) is 44.5 Å². The molecule has 0 N–H and O–H groups in total. The lowest BCUT2D eigenvalue weighted by Crippen LogP contribution is -1.90. The molecule has 0 aliphatic rings. The summed E-state index contributed by atoms with van der Waals surface area (Å²) in [4.78, 5) is 0.559. The fourth-order valence-corrected chi connectivity index (χ4v) is 2.29. The molecule has 0 aromatic heterocycles. The van der Waals surface area contributed by atoms with Gasteiger partial charge in [-0.1, -0.05) is 22.0 Å². The van der Waals surface area contributed by atoms with E-state index in [1.165, 1.54) is 24.3 Å². The Labute approximate surface area is 120 Å². The van der Waals surface area contributed by atoms with Crippen molar-refractivity contribution in [3.05, 3.63) is 50.9 Å². The summed E-state index contributed by atoms with van der Waals surface area (Å²) in [5, 5.41) is 0. The van der Waals surface area contributed by atoms with Crippen LogP contribution in [0, 0.1) is 11.6 Å². The molecule has 0 heterocycles. The predicted octanol–water partition coefficient (Wildman–Crippen LogP) is 5.45. The number of halogens is 4. The number of rotatable bonds is 1. The standard InChI is InChI=1S/C12H6Br2F2S/c13-6-1-2-7(10(15)3-6)8-4-12(17)9(14)5-11(8)16/h1-5,17H. The van der Waals surface area contributed by atoms with E-state index >= 15 is 0 Å². The van der Waals surface area contributed by atoms with Crippen molar-refractivity contribution in [2.75, 3.05) is 0 Å². The van der Waals surface area contributed by atoms with Gasteiger partial charge in [0.25, 0.3) is 0 Å². The first-order valence-electron chi connectivity index (χ1n) is 4.62. The van der Waals surface area contributed by atoms with Crippen LogP contribution in [0.25, 0.3) is 11.1 Å². The van der Waals surface area contributed by atoms with Crippen LogP contribution in [0.15, 0.2) is 44.2 Å². The van der Waals surface area contributed by atoms with Gasteiger partial charge < -0.3 is 0 Å². The van der Waals surface area contributed by atoms with Crippen molar-refractivity contribution in [1.29, 1.82) is 0 Å². The van der Waals surface area contributed by atoms with Gasteiger partial charge in [0.15, 0.2) is 0 Å². The van der Waals surface area contributed by atoms with Crippen molar-refractivity contribution in [1.82, 2.24) is 0 Å². The summed E-state index contributed by atoms with van der Waals surface area (Å²) in [5.41, 5.74) is 0.414. The highest BCUT2D eigenvalue weighted by atomic mass is 79.9. The van der Waals surface area contributed by atoms with Gasteiger partial charge in [-0.25, -0.2) is 8.78 Å². The van der Waals surface area contributed by atoms with Gasteiger partial charge in [-0.2, -0.15) is 0 Å². The number of benzene rings is 2. The molecule has 0 aliphatic heterocycles. The summed E-state index contributed by atoms with van der Waals surface area (Å²) in [6.07, 6.45) is 0. The Morgan fingerprint density at radius 3 is 2.18 bits per heavy atom. The zero-order chi connectivity index (χ0) is 12.6. The molecule has 17 heavy (non-hydrogen) atoms. The molecule has 0 fully saturated rings. The Morgan fingerprint density at radius 1 is 0.882 bits per heavy atom. The van der Waals surface area contributed by atoms with Crippen molar-refractivity contribution < 1.29 is 8.78 Å². The molecule has 2 rings (SSSR count). The predicted molar refractivity (Wildman–Crippen MR) is 74.4 cm³/mol. The maximum atomic E-state index is 13.8. The number of thiol groups is 1. The topological polar surface area (TPSA) is 0 Å². The van der Waals surface area contributed by atoms with Crippen LogP contribution in [0.4, 0.5) is 8.78 Å². The van der Waals surface area contributed by atoms with Gasteiger partial charge in [-0.05, 0) is 40.2 Å². The highest BCUT2D eigenvalue weighted by Crippen LogP contribution is 2.32. The lowest BCUT2D eigenvalue weighted by Gasteiger charge is -2.07. The van der Waals surface area contributed by atoms with Gasteiger partial charge in [0.1, 0.15) is 11.6 Å². The molecular weight excluding hydrogens is 374 g/mol. The van der Waals surface area contributed by atoms with E-state index in [-0.39, 0.29) is 11.1 Å². The van der Waals surface area contributed by atoms with Crippen LogP contribution in [0.3, 0.4) is 0 Å². The lowest BCUT2D eigenvalue weighted by atomic mass is 10.0. The molecule has 0 aliphatic carbocycles. The van der Waals surface area contributed by atoms with E-state index < -0.39 is 11.6 Å². The first-order valence-corrected chi connectivity index (χ1v) is 6.66. The van der Waals surface area contributed by atoms with E-state index in [0.29, 0.717) is 13.8 Å². The third-order valence-corrected chi connectivity index (χ3v) is 4.08. The maximum absolute atomic E-state index is 13.8. The van der Waals surface area contributed by atoms with E-state index in [4.69, 9.17) is 0 Å². The second-order valence-electron chi connectivity index (χ2n) is 3.41. The molecule has 0 bridgehead atoms. The Hall–Kier alpha value is -0.390. The van der Waals surface area contributed by atoms with Crippen molar-refractivity contribution in [2.24, 2.45) is 0 Å². The molecule has 0 saturated heterocycles. The van der Waals surface area contributed by atoms with Crippen LogP contribution in [0.1, 0.15) is 0 Å². The molecule has 0 radical (unpaired) electrons. The molecule has 2 aromatic rings. The molecule has 0 nitrogen and oxygen atoms in total. The first-order chi connectivity index (χ1) is 7.99. The summed E-state index contributed by atoms with van der Waals surface area (Å²) >= 11 is 10.5. The molecule has 0 amide bonds. The molecule has 0 saturated carbocycles. The fourth-order valence-electron chi connectivity index (χ4n) is 1.45. The van der Waals surface area contributed by atoms with Crippen LogP contribution in [0.2, 0.25) is 0 Å². The minimum Gasteiger partial charge on any atom is -0.206 e. The minimum atomic E-state index is -0.490. The normalized spacial score (nSPS) is 10.6. The summed E-state index contributed by atoms with van der Waals surface area (Å²) in [7, 11) is 0. The molecular formula is C12H6Br2F2S. The fraction of sp³-hybridized carbons (Fsp3) is 0. The molecule has 5 heteroatoms. The Morgan fingerprint density at radius 2 is 1.53 bits per heavy atom. The largest absolute Gasteiger partial charge is 0.206 e. The second-order valence-corrected chi connectivity index (χ2v) is 5.66. The average molecular weight is 380 g/mol. The van der Waals surface area contributed by atoms with Crippen LogP contribution < -0.4 is 0 Å². The molecule has 88 valence electrons. The Bertz CT molecular complexity index is 585. The first kappa shape index (κ1) is 13.1. The van der Waals surface area contributed by atoms with E-state index in [1.807, 2.05) is 0 Å². The molecule has 0 atom stereocenters. The van der Waals surface area contributed by atoms with Gasteiger partial charge in [-0.15, -0.1) is 12.6 Å². The monoisotopic (exact) mass is 378 g/mol. The number of hydrogen-bond donors (Lipinski definition) is 1. The van der Waals surface area contributed by atoms with Crippen LogP contribution in [-0.2, 0) is 0 Å². The van der Waals surface area contributed by atoms with Crippen molar-refractivity contribution in [3.63, 3.8) is 0 Å². The van der Waals surface area contributed by atoms with Gasteiger partial charge in [0.2, 0.25) is 0 Å². The third-order valence-electron chi connectivity index (χ3n) is 2.26. The molecule has 0 unspecified atom stereocenters. The maximum Gasteiger partial charge on any atom is 0.132 e. The highest BCUT2D eigenvalue weighted by Gasteiger charge is 2.12. The highest BCUT2D eigenvalue weighted by molar-refractivity contribution is 9.10. The Kier molecular flexibility index (Phi) is 3.90. The smallest absolute Gasteiger partial charge is 0.132 e. The molecule has 2 aromatic carbocycles.